The van der Waals surface area contributed by atoms with E-state index < -0.39 is 5.97 Å². The average Bonchev–Trinajstić information content (AvgIpc) is 1.90. The van der Waals surface area contributed by atoms with Crippen LogP contribution in [0.15, 0.2) is 24.4 Å². The maximum atomic E-state index is 10.0. The Morgan fingerprint density at radius 1 is 1.45 bits per heavy atom. The number of nitrogens with zero attached hydrogens (tertiary/aromatic N) is 1. The number of pyridine rings is 1. The molecule has 11 heavy (non-hydrogen) atoms. The fourth-order valence-electron chi connectivity index (χ4n) is 0.484. The monoisotopic (exact) mass is 192 g/mol. The van der Waals surface area contributed by atoms with Crippen LogP contribution in [0.5, 0.6) is 0 Å². The molecule has 0 fully saturated rings. The number of aromatic nitrogens is 1. The minimum atomic E-state index is -1.24. The summed E-state index contributed by atoms with van der Waals surface area (Å²) in [6.07, 6.45) is 1.41. The summed E-state index contributed by atoms with van der Waals surface area (Å²) < 4.78 is 0. The molecule has 4 nitrogen and oxygen atoms in total. The molecule has 1 aromatic heterocycles. The van der Waals surface area contributed by atoms with Crippen molar-refractivity contribution in [3.05, 3.63) is 30.1 Å². The van der Waals surface area contributed by atoms with Gasteiger partial charge in [0.05, 0.1) is 11.7 Å². The van der Waals surface area contributed by atoms with Crippen LogP contribution >= 0.6 is 0 Å². The summed E-state index contributed by atoms with van der Waals surface area (Å²) in [5.41, 5.74) is -0.0301. The largest absolute Gasteiger partial charge is 0.543 e. The summed E-state index contributed by atoms with van der Waals surface area (Å²) >= 11 is 0. The van der Waals surface area contributed by atoms with Crippen LogP contribution in [0.4, 0.5) is 0 Å². The van der Waals surface area contributed by atoms with Crippen molar-refractivity contribution in [1.29, 1.82) is 0 Å². The molecule has 0 unspecified atom stereocenters. The minimum Gasteiger partial charge on any atom is -0.543 e. The Bertz CT molecular complexity index is 214. The summed E-state index contributed by atoms with van der Waals surface area (Å²) in [4.78, 5) is 13.5. The Labute approximate surface area is 74.3 Å². The minimum absolute atomic E-state index is 0. The van der Waals surface area contributed by atoms with Crippen LogP contribution in [-0.2, 0) is 17.4 Å². The molecule has 2 N–H and O–H groups in total. The van der Waals surface area contributed by atoms with E-state index in [0.29, 0.717) is 0 Å². The second-order valence-corrected chi connectivity index (χ2v) is 1.50. The van der Waals surface area contributed by atoms with Gasteiger partial charge in [-0.05, 0) is 12.1 Å². The third kappa shape index (κ3) is 3.73. The van der Waals surface area contributed by atoms with Crippen LogP contribution in [0.1, 0.15) is 10.5 Å². The van der Waals surface area contributed by atoms with Crippen molar-refractivity contribution < 1.29 is 32.7 Å². The van der Waals surface area contributed by atoms with E-state index in [2.05, 4.69) is 4.98 Å². The zero-order valence-corrected chi connectivity index (χ0v) is 6.76. The predicted octanol–water partition coefficient (Wildman–Crippen LogP) is -1.38. The van der Waals surface area contributed by atoms with Gasteiger partial charge in [0.15, 0.2) is 0 Å². The molecule has 1 aromatic rings. The van der Waals surface area contributed by atoms with Gasteiger partial charge < -0.3 is 15.4 Å². The maximum absolute atomic E-state index is 10.0. The molecule has 1 rings (SSSR count). The molecule has 1 heterocycles. The van der Waals surface area contributed by atoms with E-state index in [1.165, 1.54) is 12.3 Å². The molecule has 0 aliphatic rings. The molecule has 0 saturated heterocycles. The van der Waals surface area contributed by atoms with Crippen LogP contribution in [0.3, 0.4) is 0 Å². The van der Waals surface area contributed by atoms with Crippen LogP contribution in [-0.4, -0.2) is 16.4 Å². The zero-order chi connectivity index (χ0) is 6.69. The van der Waals surface area contributed by atoms with Gasteiger partial charge in [-0.2, -0.15) is 0 Å². The predicted molar refractivity (Wildman–Crippen MR) is 32.2 cm³/mol. The SMILES string of the molecule is O.O=C([O-])c1ccccn1.[Cr]. The number of hydrogen-bond acceptors (Lipinski definition) is 3. The van der Waals surface area contributed by atoms with Crippen LogP contribution in [0.25, 0.3) is 0 Å². The van der Waals surface area contributed by atoms with E-state index >= 15 is 0 Å². The molecule has 0 bridgehead atoms. The van der Waals surface area contributed by atoms with Crippen molar-refractivity contribution in [2.24, 2.45) is 0 Å². The summed E-state index contributed by atoms with van der Waals surface area (Å²) in [7, 11) is 0. The van der Waals surface area contributed by atoms with Gasteiger partial charge in [-0.25, -0.2) is 0 Å². The Kier molecular flexibility index (Phi) is 6.80. The van der Waals surface area contributed by atoms with E-state index in [4.69, 9.17) is 0 Å². The topological polar surface area (TPSA) is 84.5 Å². The van der Waals surface area contributed by atoms with E-state index in [1.54, 1.807) is 12.1 Å². The van der Waals surface area contributed by atoms with Crippen molar-refractivity contribution in [2.75, 3.05) is 0 Å². The second-order valence-electron chi connectivity index (χ2n) is 1.50. The molecule has 0 saturated carbocycles. The molecule has 0 aliphatic heterocycles. The van der Waals surface area contributed by atoms with Gasteiger partial charge >= 0.3 is 0 Å². The van der Waals surface area contributed by atoms with Gasteiger partial charge in [-0.15, -0.1) is 0 Å². The quantitative estimate of drug-likeness (QED) is 0.549. The van der Waals surface area contributed by atoms with Gasteiger partial charge in [0, 0.05) is 23.6 Å². The van der Waals surface area contributed by atoms with Gasteiger partial charge in [0.2, 0.25) is 0 Å². The van der Waals surface area contributed by atoms with Crippen LogP contribution < -0.4 is 5.11 Å². The van der Waals surface area contributed by atoms with Crippen LogP contribution in [0, 0.1) is 0 Å². The molecule has 0 amide bonds. The number of carbonyl (C=O) groups excluding carboxylic acids is 1. The van der Waals surface area contributed by atoms with E-state index in [1.807, 2.05) is 0 Å². The molecule has 0 radical (unpaired) electrons. The van der Waals surface area contributed by atoms with E-state index in [0.717, 1.165) is 0 Å². The first kappa shape index (κ1) is 12.8. The first-order chi connectivity index (χ1) is 4.30. The Hall–Kier alpha value is -0.888. The molecular weight excluding hydrogens is 186 g/mol. The first-order valence-corrected chi connectivity index (χ1v) is 2.43. The molecule has 5 heteroatoms. The van der Waals surface area contributed by atoms with Gasteiger partial charge in [-0.3, -0.25) is 4.98 Å². The third-order valence-electron chi connectivity index (χ3n) is 0.874. The standard InChI is InChI=1S/C6H5NO2.Cr.H2O/c8-6(9)5-3-1-2-4-7-5;;/h1-4H,(H,8,9);;1H2/p-1. The number of carboxylic acid groups (broad SMARTS) is 1. The van der Waals surface area contributed by atoms with E-state index in [-0.39, 0.29) is 28.5 Å². The summed E-state index contributed by atoms with van der Waals surface area (Å²) in [6, 6.07) is 4.62. The number of hydrogen-bond donors (Lipinski definition) is 0. The summed E-state index contributed by atoms with van der Waals surface area (Å²) in [5.74, 6) is -1.24. The normalized spacial score (nSPS) is 7.27. The second kappa shape index (κ2) is 5.86. The zero-order valence-electron chi connectivity index (χ0n) is 5.48. The van der Waals surface area contributed by atoms with Crippen molar-refractivity contribution in [3.63, 3.8) is 0 Å². The van der Waals surface area contributed by atoms with E-state index in [9.17, 15) is 9.90 Å². The summed E-state index contributed by atoms with van der Waals surface area (Å²) in [6.45, 7) is 0. The average molecular weight is 192 g/mol. The first-order valence-electron chi connectivity index (χ1n) is 2.43. The number of aromatic carboxylic acids is 1. The van der Waals surface area contributed by atoms with Crippen molar-refractivity contribution >= 4 is 5.97 Å². The molecule has 0 aromatic carbocycles. The van der Waals surface area contributed by atoms with Gasteiger partial charge in [0.25, 0.3) is 0 Å². The number of carbonyl (C=O) groups is 1. The molecule has 0 spiro atoms. The Morgan fingerprint density at radius 3 is 2.36 bits per heavy atom. The molecule has 0 aliphatic carbocycles. The van der Waals surface area contributed by atoms with Crippen molar-refractivity contribution in [1.82, 2.24) is 4.98 Å². The van der Waals surface area contributed by atoms with Crippen molar-refractivity contribution in [2.45, 2.75) is 0 Å². The molecule has 60 valence electrons. The van der Waals surface area contributed by atoms with Gasteiger partial charge in [0.1, 0.15) is 0 Å². The Morgan fingerprint density at radius 2 is 2.09 bits per heavy atom. The Balaban J connectivity index is 0. The third-order valence-corrected chi connectivity index (χ3v) is 0.874. The number of carboxylic acids is 1. The maximum Gasteiger partial charge on any atom is 0.0899 e. The fourth-order valence-corrected chi connectivity index (χ4v) is 0.484. The fraction of sp³-hybridized carbons (Fsp3) is 0. The van der Waals surface area contributed by atoms with Crippen LogP contribution in [0.2, 0.25) is 0 Å². The summed E-state index contributed by atoms with van der Waals surface area (Å²) in [5, 5.41) is 10.0. The number of rotatable bonds is 1. The van der Waals surface area contributed by atoms with Gasteiger partial charge in [-0.1, -0.05) is 6.07 Å². The smallest absolute Gasteiger partial charge is 0.0899 e. The molecule has 0 atom stereocenters. The molecular formula is C6H6CrNO3-. The van der Waals surface area contributed by atoms with Crippen molar-refractivity contribution in [3.8, 4) is 0 Å².